The smallest absolute Gasteiger partial charge is 0.134 e. The molecule has 1 radical (unpaired) electrons. The molecule has 0 fully saturated rings. The van der Waals surface area contributed by atoms with Crippen LogP contribution in [-0.2, 0) is 4.74 Å². The highest BCUT2D eigenvalue weighted by atomic mass is 19.1. The molecule has 0 unspecified atom stereocenters. The van der Waals surface area contributed by atoms with E-state index < -0.39 is 11.6 Å². The number of halogens is 2. The van der Waals surface area contributed by atoms with Crippen LogP contribution in [0.3, 0.4) is 0 Å². The molecule has 0 saturated carbocycles. The normalized spacial score (nSPS) is 15.4. The molecule has 0 N–H and O–H groups in total. The molecule has 0 spiro atoms. The Morgan fingerprint density at radius 1 is 1.25 bits per heavy atom. The molecule has 16 heavy (non-hydrogen) atoms. The Balaban J connectivity index is 2.50. The highest BCUT2D eigenvalue weighted by molar-refractivity contribution is 5.78. The van der Waals surface area contributed by atoms with Gasteiger partial charge >= 0.3 is 0 Å². The van der Waals surface area contributed by atoms with Crippen LogP contribution in [0.2, 0.25) is 0 Å². The van der Waals surface area contributed by atoms with Crippen molar-refractivity contribution in [1.29, 1.82) is 0 Å². The summed E-state index contributed by atoms with van der Waals surface area (Å²) in [6.07, 6.45) is 6.31. The van der Waals surface area contributed by atoms with Crippen LogP contribution in [0, 0.1) is 18.1 Å². The summed E-state index contributed by atoms with van der Waals surface area (Å²) in [5.74, 6) is -0.540. The minimum Gasteiger partial charge on any atom is -0.500 e. The van der Waals surface area contributed by atoms with E-state index in [2.05, 4.69) is 0 Å². The summed E-state index contributed by atoms with van der Waals surface area (Å²) in [6, 6.07) is 3.53. The van der Waals surface area contributed by atoms with E-state index >= 15 is 0 Å². The molecule has 0 atom stereocenters. The summed E-state index contributed by atoms with van der Waals surface area (Å²) in [4.78, 5) is 0. The SMILES string of the molecule is COC1=C(c2ccc(F)cc2F)C=CC[CH]1. The molecule has 0 heterocycles. The maximum Gasteiger partial charge on any atom is 0.134 e. The molecule has 1 aliphatic rings. The number of benzene rings is 1. The Bertz CT molecular complexity index is 461. The Hall–Kier alpha value is -1.64. The number of rotatable bonds is 2. The van der Waals surface area contributed by atoms with Gasteiger partial charge in [0.25, 0.3) is 0 Å². The quantitative estimate of drug-likeness (QED) is 0.742. The molecule has 1 aromatic carbocycles. The van der Waals surface area contributed by atoms with Crippen molar-refractivity contribution in [2.45, 2.75) is 6.42 Å². The Labute approximate surface area is 93.0 Å². The summed E-state index contributed by atoms with van der Waals surface area (Å²) in [6.45, 7) is 0. The first-order valence-electron chi connectivity index (χ1n) is 4.96. The summed E-state index contributed by atoms with van der Waals surface area (Å²) in [5, 5.41) is 0. The predicted octanol–water partition coefficient (Wildman–Crippen LogP) is 3.49. The van der Waals surface area contributed by atoms with Gasteiger partial charge in [-0.25, -0.2) is 8.78 Å². The molecule has 1 aliphatic carbocycles. The van der Waals surface area contributed by atoms with E-state index in [1.165, 1.54) is 19.2 Å². The predicted molar refractivity (Wildman–Crippen MR) is 58.3 cm³/mol. The zero-order valence-electron chi connectivity index (χ0n) is 8.84. The van der Waals surface area contributed by atoms with E-state index in [0.29, 0.717) is 16.9 Å². The van der Waals surface area contributed by atoms with Crippen molar-refractivity contribution in [3.63, 3.8) is 0 Å². The lowest BCUT2D eigenvalue weighted by molar-refractivity contribution is 0.299. The van der Waals surface area contributed by atoms with Gasteiger partial charge in [-0.05, 0) is 18.6 Å². The highest BCUT2D eigenvalue weighted by Crippen LogP contribution is 2.29. The Kier molecular flexibility index (Phi) is 3.04. The first-order chi connectivity index (χ1) is 7.72. The molecule has 1 nitrogen and oxygen atoms in total. The van der Waals surface area contributed by atoms with Gasteiger partial charge in [-0.15, -0.1) is 0 Å². The molecule has 0 saturated heterocycles. The van der Waals surface area contributed by atoms with Gasteiger partial charge < -0.3 is 4.74 Å². The van der Waals surface area contributed by atoms with Crippen molar-refractivity contribution in [3.8, 4) is 0 Å². The molecule has 0 aliphatic heterocycles. The van der Waals surface area contributed by atoms with Gasteiger partial charge in [-0.2, -0.15) is 0 Å². The van der Waals surface area contributed by atoms with E-state index in [-0.39, 0.29) is 0 Å². The van der Waals surface area contributed by atoms with Crippen LogP contribution < -0.4 is 0 Å². The fourth-order valence-electron chi connectivity index (χ4n) is 1.68. The second-order valence-corrected chi connectivity index (χ2v) is 3.45. The largest absolute Gasteiger partial charge is 0.500 e. The van der Waals surface area contributed by atoms with Gasteiger partial charge in [0, 0.05) is 23.6 Å². The van der Waals surface area contributed by atoms with Crippen molar-refractivity contribution in [2.75, 3.05) is 7.11 Å². The van der Waals surface area contributed by atoms with E-state index in [4.69, 9.17) is 4.74 Å². The summed E-state index contributed by atoms with van der Waals surface area (Å²) in [5.41, 5.74) is 0.997. The molecule has 0 aromatic heterocycles. The molecular weight excluding hydrogens is 210 g/mol. The van der Waals surface area contributed by atoms with E-state index in [9.17, 15) is 8.78 Å². The van der Waals surface area contributed by atoms with Crippen molar-refractivity contribution >= 4 is 5.57 Å². The second kappa shape index (κ2) is 4.47. The summed E-state index contributed by atoms with van der Waals surface area (Å²) >= 11 is 0. The molecule has 83 valence electrons. The van der Waals surface area contributed by atoms with Crippen LogP contribution in [0.5, 0.6) is 0 Å². The van der Waals surface area contributed by atoms with E-state index in [0.717, 1.165) is 12.5 Å². The molecule has 2 rings (SSSR count). The molecule has 0 amide bonds. The average Bonchev–Trinajstić information content (AvgIpc) is 2.29. The average molecular weight is 221 g/mol. The van der Waals surface area contributed by atoms with Crippen molar-refractivity contribution in [2.24, 2.45) is 0 Å². The number of hydrogen-bond acceptors (Lipinski definition) is 1. The molecule has 1 aromatic rings. The Morgan fingerprint density at radius 3 is 2.75 bits per heavy atom. The summed E-state index contributed by atoms with van der Waals surface area (Å²) in [7, 11) is 1.53. The van der Waals surface area contributed by atoms with Crippen LogP contribution in [0.4, 0.5) is 8.78 Å². The van der Waals surface area contributed by atoms with Crippen LogP contribution in [0.25, 0.3) is 5.57 Å². The van der Waals surface area contributed by atoms with Gasteiger partial charge in [0.05, 0.1) is 7.11 Å². The van der Waals surface area contributed by atoms with Crippen LogP contribution >= 0.6 is 0 Å². The van der Waals surface area contributed by atoms with Crippen LogP contribution in [0.15, 0.2) is 36.1 Å². The van der Waals surface area contributed by atoms with Gasteiger partial charge in [-0.1, -0.05) is 12.2 Å². The number of allylic oxidation sites excluding steroid dienone is 4. The number of ether oxygens (including phenoxy) is 1. The topological polar surface area (TPSA) is 9.23 Å². The van der Waals surface area contributed by atoms with Crippen molar-refractivity contribution < 1.29 is 13.5 Å². The maximum atomic E-state index is 13.6. The van der Waals surface area contributed by atoms with E-state index in [1.807, 2.05) is 12.5 Å². The lowest BCUT2D eigenvalue weighted by Crippen LogP contribution is -2.00. The fraction of sp³-hybridized carbons (Fsp3) is 0.154. The highest BCUT2D eigenvalue weighted by Gasteiger charge is 2.14. The minimum absolute atomic E-state index is 0.352. The second-order valence-electron chi connectivity index (χ2n) is 3.45. The standard InChI is InChI=1S/C13H11F2O/c1-16-13-5-3-2-4-11(13)10-7-6-9(14)8-12(10)15/h2,4-8H,3H2,1H3. The Morgan fingerprint density at radius 2 is 2.06 bits per heavy atom. The lowest BCUT2D eigenvalue weighted by Gasteiger charge is -2.15. The van der Waals surface area contributed by atoms with Crippen molar-refractivity contribution in [1.82, 2.24) is 0 Å². The lowest BCUT2D eigenvalue weighted by atomic mass is 9.97. The third-order valence-corrected chi connectivity index (χ3v) is 2.43. The third kappa shape index (κ3) is 1.98. The molecular formula is C13H11F2O. The van der Waals surface area contributed by atoms with Crippen molar-refractivity contribution in [3.05, 3.63) is 59.7 Å². The third-order valence-electron chi connectivity index (χ3n) is 2.43. The van der Waals surface area contributed by atoms with Crippen LogP contribution in [0.1, 0.15) is 12.0 Å². The molecule has 0 bridgehead atoms. The zero-order valence-corrected chi connectivity index (χ0v) is 8.84. The first-order valence-corrected chi connectivity index (χ1v) is 4.96. The zero-order chi connectivity index (χ0) is 11.5. The molecule has 3 heteroatoms. The maximum absolute atomic E-state index is 13.6. The van der Waals surface area contributed by atoms with Gasteiger partial charge in [-0.3, -0.25) is 0 Å². The summed E-state index contributed by atoms with van der Waals surface area (Å²) < 4.78 is 31.5. The van der Waals surface area contributed by atoms with Crippen LogP contribution in [-0.4, -0.2) is 7.11 Å². The number of methoxy groups -OCH3 is 1. The van der Waals surface area contributed by atoms with E-state index in [1.54, 1.807) is 6.08 Å². The number of hydrogen-bond donors (Lipinski definition) is 0. The first kappa shape index (κ1) is 10.9. The van der Waals surface area contributed by atoms with Gasteiger partial charge in [0.1, 0.15) is 17.4 Å². The van der Waals surface area contributed by atoms with Gasteiger partial charge in [0.15, 0.2) is 0 Å². The monoisotopic (exact) mass is 221 g/mol. The fourth-order valence-corrected chi connectivity index (χ4v) is 1.68. The minimum atomic E-state index is -0.579. The van der Waals surface area contributed by atoms with Gasteiger partial charge in [0.2, 0.25) is 0 Å².